The summed E-state index contributed by atoms with van der Waals surface area (Å²) in [6.07, 6.45) is 0. The molecular weight excluding hydrogens is 388 g/mol. The van der Waals surface area contributed by atoms with Crippen LogP contribution in [0.1, 0.15) is 21.5 Å². The maximum absolute atomic E-state index is 12.0. The summed E-state index contributed by atoms with van der Waals surface area (Å²) in [4.78, 5) is 23.8. The largest absolute Gasteiger partial charge is 0.496 e. The van der Waals surface area contributed by atoms with E-state index in [1.165, 1.54) is 7.11 Å². The fraction of sp³-hybridized carbons (Fsp3) is 0.222. The minimum atomic E-state index is -0.459. The molecule has 25 heavy (non-hydrogen) atoms. The number of ether oxygens (including phenoxy) is 2. The molecule has 2 aromatic carbocycles. The normalized spacial score (nSPS) is 10.1. The number of methoxy groups -OCH3 is 1. The van der Waals surface area contributed by atoms with Gasteiger partial charge in [-0.15, -0.1) is 0 Å². The molecule has 0 aromatic heterocycles. The summed E-state index contributed by atoms with van der Waals surface area (Å²) in [6, 6.07) is 10.4. The molecule has 0 unspecified atom stereocenters. The van der Waals surface area contributed by atoms with Gasteiger partial charge in [0.1, 0.15) is 11.5 Å². The van der Waals surface area contributed by atoms with E-state index in [-0.39, 0.29) is 6.61 Å². The Bertz CT molecular complexity index is 793. The molecule has 7 heteroatoms. The Morgan fingerprint density at radius 1 is 1.04 bits per heavy atom. The lowest BCUT2D eigenvalue weighted by Gasteiger charge is -2.10. The summed E-state index contributed by atoms with van der Waals surface area (Å²) in [6.45, 7) is 3.77. The predicted octanol–water partition coefficient (Wildman–Crippen LogP) is 2.91. The molecule has 6 nitrogen and oxygen atoms in total. The zero-order valence-corrected chi connectivity index (χ0v) is 15.8. The Kier molecular flexibility index (Phi) is 6.41. The van der Waals surface area contributed by atoms with Crippen LogP contribution in [0.2, 0.25) is 0 Å². The lowest BCUT2D eigenvalue weighted by atomic mass is 10.1. The highest BCUT2D eigenvalue weighted by molar-refractivity contribution is 9.10. The molecule has 0 aliphatic carbocycles. The molecule has 0 saturated heterocycles. The number of hydrogen-bond acceptors (Lipinski definition) is 4. The molecule has 2 N–H and O–H groups in total. The van der Waals surface area contributed by atoms with Crippen molar-refractivity contribution in [1.82, 2.24) is 10.9 Å². The Hall–Kier alpha value is -2.54. The quantitative estimate of drug-likeness (QED) is 0.748. The van der Waals surface area contributed by atoms with Crippen molar-refractivity contribution in [1.29, 1.82) is 0 Å². The molecule has 2 aromatic rings. The van der Waals surface area contributed by atoms with E-state index in [9.17, 15) is 9.59 Å². The topological polar surface area (TPSA) is 76.7 Å². The highest BCUT2D eigenvalue weighted by Crippen LogP contribution is 2.25. The molecule has 0 spiro atoms. The monoisotopic (exact) mass is 406 g/mol. The number of carbonyl (C=O) groups is 2. The van der Waals surface area contributed by atoms with E-state index in [1.54, 1.807) is 24.3 Å². The van der Waals surface area contributed by atoms with E-state index >= 15 is 0 Å². The van der Waals surface area contributed by atoms with E-state index in [0.29, 0.717) is 21.5 Å². The zero-order chi connectivity index (χ0) is 18.4. The fourth-order valence-electron chi connectivity index (χ4n) is 1.99. The first kappa shape index (κ1) is 18.8. The smallest absolute Gasteiger partial charge is 0.276 e. The fourth-order valence-corrected chi connectivity index (χ4v) is 2.54. The molecule has 2 rings (SSSR count). The lowest BCUT2D eigenvalue weighted by Crippen LogP contribution is -2.43. The Labute approximate surface area is 154 Å². The first-order valence-corrected chi connectivity index (χ1v) is 8.33. The Morgan fingerprint density at radius 3 is 2.44 bits per heavy atom. The van der Waals surface area contributed by atoms with Gasteiger partial charge in [-0.3, -0.25) is 20.4 Å². The highest BCUT2D eigenvalue weighted by Gasteiger charge is 2.10. The van der Waals surface area contributed by atoms with Gasteiger partial charge < -0.3 is 9.47 Å². The Balaban J connectivity index is 1.83. The van der Waals surface area contributed by atoms with Gasteiger partial charge in [0.25, 0.3) is 11.8 Å². The third-order valence-corrected chi connectivity index (χ3v) is 4.20. The predicted molar refractivity (Wildman–Crippen MR) is 97.7 cm³/mol. The molecule has 0 atom stereocenters. The van der Waals surface area contributed by atoms with Crippen LogP contribution in [0.25, 0.3) is 0 Å². The summed E-state index contributed by atoms with van der Waals surface area (Å²) in [7, 11) is 1.54. The van der Waals surface area contributed by atoms with Crippen LogP contribution in [0.3, 0.4) is 0 Å². The third kappa shape index (κ3) is 5.22. The molecule has 132 valence electrons. The second kappa shape index (κ2) is 8.53. The first-order valence-electron chi connectivity index (χ1n) is 7.53. The standard InChI is InChI=1S/C18H19BrN2O4/c1-11-4-6-14(8-12(11)2)25-10-17(22)20-21-18(23)13-5-7-16(24-3)15(19)9-13/h4-9H,10H2,1-3H3,(H,20,22)(H,21,23). The van der Waals surface area contributed by atoms with E-state index in [2.05, 4.69) is 26.8 Å². The first-order chi connectivity index (χ1) is 11.9. The molecular formula is C18H19BrN2O4. The van der Waals surface area contributed by atoms with Crippen molar-refractivity contribution in [3.05, 3.63) is 57.6 Å². The summed E-state index contributed by atoms with van der Waals surface area (Å²) < 4.78 is 11.2. The molecule has 2 amide bonds. The minimum Gasteiger partial charge on any atom is -0.496 e. The number of carbonyl (C=O) groups excluding carboxylic acids is 2. The number of nitrogens with one attached hydrogen (secondary N) is 2. The molecule has 0 fully saturated rings. The third-order valence-electron chi connectivity index (χ3n) is 3.58. The van der Waals surface area contributed by atoms with Crippen LogP contribution >= 0.6 is 15.9 Å². The number of aryl methyl sites for hydroxylation is 2. The summed E-state index contributed by atoms with van der Waals surface area (Å²) in [5.74, 6) is 0.313. The van der Waals surface area contributed by atoms with Gasteiger partial charge in [0.2, 0.25) is 0 Å². The van der Waals surface area contributed by atoms with Crippen molar-refractivity contribution in [3.8, 4) is 11.5 Å². The molecule has 0 bridgehead atoms. The number of hydrogen-bond donors (Lipinski definition) is 2. The van der Waals surface area contributed by atoms with Crippen molar-refractivity contribution in [2.75, 3.05) is 13.7 Å². The van der Waals surface area contributed by atoms with Crippen molar-refractivity contribution >= 4 is 27.7 Å². The van der Waals surface area contributed by atoms with Gasteiger partial charge in [-0.25, -0.2) is 0 Å². The average molecular weight is 407 g/mol. The van der Waals surface area contributed by atoms with Gasteiger partial charge in [0.05, 0.1) is 11.6 Å². The molecule has 0 aliphatic heterocycles. The number of hydrazine groups is 1. The maximum Gasteiger partial charge on any atom is 0.276 e. The molecule has 0 aliphatic rings. The van der Waals surface area contributed by atoms with Crippen molar-refractivity contribution in [2.45, 2.75) is 13.8 Å². The van der Waals surface area contributed by atoms with E-state index in [0.717, 1.165) is 11.1 Å². The van der Waals surface area contributed by atoms with Gasteiger partial charge in [0, 0.05) is 5.56 Å². The summed E-state index contributed by atoms with van der Waals surface area (Å²) >= 11 is 3.30. The van der Waals surface area contributed by atoms with E-state index in [1.807, 2.05) is 26.0 Å². The van der Waals surface area contributed by atoms with Crippen LogP contribution in [0.5, 0.6) is 11.5 Å². The van der Waals surface area contributed by atoms with Crippen molar-refractivity contribution < 1.29 is 19.1 Å². The highest BCUT2D eigenvalue weighted by atomic mass is 79.9. The summed E-state index contributed by atoms with van der Waals surface area (Å²) in [5.41, 5.74) is 7.26. The molecule has 0 saturated carbocycles. The van der Waals surface area contributed by atoms with Crippen LogP contribution in [0.4, 0.5) is 0 Å². The van der Waals surface area contributed by atoms with Crippen LogP contribution in [-0.4, -0.2) is 25.5 Å². The SMILES string of the molecule is COc1ccc(C(=O)NNC(=O)COc2ccc(C)c(C)c2)cc1Br. The second-order valence-corrected chi connectivity index (χ2v) is 6.24. The van der Waals surface area contributed by atoms with Crippen LogP contribution in [0.15, 0.2) is 40.9 Å². The molecule has 0 heterocycles. The van der Waals surface area contributed by atoms with E-state index < -0.39 is 11.8 Å². The van der Waals surface area contributed by atoms with E-state index in [4.69, 9.17) is 9.47 Å². The second-order valence-electron chi connectivity index (χ2n) is 5.39. The van der Waals surface area contributed by atoms with Gasteiger partial charge in [-0.1, -0.05) is 6.07 Å². The maximum atomic E-state index is 12.0. The number of amides is 2. The van der Waals surface area contributed by atoms with Gasteiger partial charge in [-0.05, 0) is 71.2 Å². The minimum absolute atomic E-state index is 0.199. The number of halogens is 1. The lowest BCUT2D eigenvalue weighted by molar-refractivity contribution is -0.123. The molecule has 0 radical (unpaired) electrons. The number of benzene rings is 2. The zero-order valence-electron chi connectivity index (χ0n) is 14.2. The van der Waals surface area contributed by atoms with Crippen LogP contribution < -0.4 is 20.3 Å². The van der Waals surface area contributed by atoms with Crippen molar-refractivity contribution in [3.63, 3.8) is 0 Å². The van der Waals surface area contributed by atoms with Gasteiger partial charge >= 0.3 is 0 Å². The van der Waals surface area contributed by atoms with Crippen LogP contribution in [0, 0.1) is 13.8 Å². The van der Waals surface area contributed by atoms with Gasteiger partial charge in [0.15, 0.2) is 6.61 Å². The van der Waals surface area contributed by atoms with Gasteiger partial charge in [-0.2, -0.15) is 0 Å². The Morgan fingerprint density at radius 2 is 1.80 bits per heavy atom. The number of rotatable bonds is 5. The van der Waals surface area contributed by atoms with Crippen molar-refractivity contribution in [2.24, 2.45) is 0 Å². The average Bonchev–Trinajstić information content (AvgIpc) is 2.60. The van der Waals surface area contributed by atoms with Crippen LogP contribution in [-0.2, 0) is 4.79 Å². The summed E-state index contributed by atoms with van der Waals surface area (Å²) in [5, 5.41) is 0.